The molecule has 0 bridgehead atoms. The second-order valence-electron chi connectivity index (χ2n) is 6.51. The molecule has 0 saturated carbocycles. The van der Waals surface area contributed by atoms with E-state index < -0.39 is 0 Å². The lowest BCUT2D eigenvalue weighted by Crippen LogP contribution is -2.33. The summed E-state index contributed by atoms with van der Waals surface area (Å²) in [4.78, 5) is 16.8. The number of hydrogen-bond acceptors (Lipinski definition) is 3. The number of carbonyl (C=O) groups is 1. The van der Waals surface area contributed by atoms with Crippen LogP contribution >= 0.6 is 0 Å². The summed E-state index contributed by atoms with van der Waals surface area (Å²) in [5.74, 6) is 1.69. The van der Waals surface area contributed by atoms with Crippen molar-refractivity contribution in [2.45, 2.75) is 6.54 Å². The first kappa shape index (κ1) is 13.6. The minimum Gasteiger partial charge on any atom is -0.459 e. The van der Waals surface area contributed by atoms with Crippen molar-refractivity contribution in [2.24, 2.45) is 18.9 Å². The number of amides is 1. The zero-order valence-corrected chi connectivity index (χ0v) is 12.8. The smallest absolute Gasteiger partial charge is 0.289 e. The molecule has 4 heterocycles. The summed E-state index contributed by atoms with van der Waals surface area (Å²) >= 11 is 0. The number of rotatable bonds is 3. The van der Waals surface area contributed by atoms with E-state index in [0.29, 0.717) is 17.6 Å². The fourth-order valence-electron chi connectivity index (χ4n) is 3.83. The van der Waals surface area contributed by atoms with Gasteiger partial charge in [-0.2, -0.15) is 0 Å². The highest BCUT2D eigenvalue weighted by Crippen LogP contribution is 2.32. The fourth-order valence-corrected chi connectivity index (χ4v) is 3.83. The Kier molecular flexibility index (Phi) is 3.30. The predicted octanol–water partition coefficient (Wildman–Crippen LogP) is 1.82. The minimum absolute atomic E-state index is 0.0355. The molecular formula is C17H21N3O2. The van der Waals surface area contributed by atoms with Gasteiger partial charge in [0.15, 0.2) is 5.76 Å². The number of furan rings is 1. The molecular weight excluding hydrogens is 278 g/mol. The molecule has 2 aliphatic heterocycles. The Morgan fingerprint density at radius 3 is 2.55 bits per heavy atom. The number of carbonyl (C=O) groups excluding carboxylic acids is 1. The molecule has 22 heavy (non-hydrogen) atoms. The molecule has 1 amide bonds. The zero-order chi connectivity index (χ0) is 15.1. The highest BCUT2D eigenvalue weighted by Gasteiger charge is 2.42. The first-order chi connectivity index (χ1) is 10.7. The quantitative estimate of drug-likeness (QED) is 0.868. The molecule has 0 spiro atoms. The summed E-state index contributed by atoms with van der Waals surface area (Å²) in [7, 11) is 2.09. The van der Waals surface area contributed by atoms with Crippen LogP contribution in [0, 0.1) is 11.8 Å². The third-order valence-corrected chi connectivity index (χ3v) is 5.02. The van der Waals surface area contributed by atoms with E-state index in [4.69, 9.17) is 4.42 Å². The average Bonchev–Trinajstić information content (AvgIpc) is 3.23. The molecule has 2 atom stereocenters. The van der Waals surface area contributed by atoms with Crippen LogP contribution < -0.4 is 0 Å². The lowest BCUT2D eigenvalue weighted by Gasteiger charge is -2.21. The number of hydrogen-bond donors (Lipinski definition) is 0. The second kappa shape index (κ2) is 5.32. The third kappa shape index (κ3) is 2.35. The van der Waals surface area contributed by atoms with E-state index in [1.165, 1.54) is 5.69 Å². The van der Waals surface area contributed by atoms with Crippen molar-refractivity contribution >= 4 is 5.91 Å². The molecule has 0 unspecified atom stereocenters. The van der Waals surface area contributed by atoms with Crippen LogP contribution in [-0.4, -0.2) is 46.5 Å². The number of aryl methyl sites for hydroxylation is 1. The summed E-state index contributed by atoms with van der Waals surface area (Å²) in [6.07, 6.45) is 3.65. The maximum absolute atomic E-state index is 12.3. The van der Waals surface area contributed by atoms with Crippen molar-refractivity contribution in [3.8, 4) is 0 Å². The highest BCUT2D eigenvalue weighted by molar-refractivity contribution is 5.91. The van der Waals surface area contributed by atoms with Gasteiger partial charge >= 0.3 is 0 Å². The van der Waals surface area contributed by atoms with Crippen LogP contribution in [0.15, 0.2) is 41.1 Å². The molecule has 2 aromatic rings. The molecule has 2 aliphatic rings. The van der Waals surface area contributed by atoms with Gasteiger partial charge in [0.1, 0.15) is 0 Å². The Bertz CT molecular complexity index is 647. The third-order valence-electron chi connectivity index (χ3n) is 5.02. The topological polar surface area (TPSA) is 41.6 Å². The number of nitrogens with zero attached hydrogens (tertiary/aromatic N) is 3. The van der Waals surface area contributed by atoms with Crippen molar-refractivity contribution in [1.82, 2.24) is 14.4 Å². The van der Waals surface area contributed by atoms with E-state index in [-0.39, 0.29) is 5.91 Å². The fraction of sp³-hybridized carbons (Fsp3) is 0.471. The molecule has 2 saturated heterocycles. The molecule has 5 nitrogen and oxygen atoms in total. The number of likely N-dealkylation sites (tertiary alicyclic amines) is 2. The number of aromatic nitrogens is 1. The van der Waals surface area contributed by atoms with Crippen LogP contribution in [-0.2, 0) is 13.6 Å². The van der Waals surface area contributed by atoms with Gasteiger partial charge in [0, 0.05) is 51.7 Å². The van der Waals surface area contributed by atoms with Crippen molar-refractivity contribution in [2.75, 3.05) is 26.2 Å². The van der Waals surface area contributed by atoms with Crippen molar-refractivity contribution in [3.05, 3.63) is 48.2 Å². The van der Waals surface area contributed by atoms with Crippen LogP contribution in [0.1, 0.15) is 16.2 Å². The van der Waals surface area contributed by atoms with Gasteiger partial charge in [-0.1, -0.05) is 0 Å². The van der Waals surface area contributed by atoms with Gasteiger partial charge < -0.3 is 13.9 Å². The van der Waals surface area contributed by atoms with E-state index in [2.05, 4.69) is 34.8 Å². The van der Waals surface area contributed by atoms with Crippen LogP contribution in [0.5, 0.6) is 0 Å². The molecule has 0 aromatic carbocycles. The normalized spacial score (nSPS) is 24.9. The lowest BCUT2D eigenvalue weighted by molar-refractivity contribution is 0.0741. The van der Waals surface area contributed by atoms with Crippen molar-refractivity contribution < 1.29 is 9.21 Å². The van der Waals surface area contributed by atoms with E-state index in [1.807, 2.05) is 4.90 Å². The maximum atomic E-state index is 12.3. The number of fused-ring (bicyclic) bond motifs is 1. The van der Waals surface area contributed by atoms with E-state index in [9.17, 15) is 4.79 Å². The standard InChI is InChI=1S/C17H21N3O2/c1-18-6-2-4-15(18)12-19-8-13-10-20(11-14(13)9-19)17(21)16-5-3-7-22-16/h2-7,13-14H,8-12H2,1H3/t13-,14+. The zero-order valence-electron chi connectivity index (χ0n) is 12.8. The SMILES string of the molecule is Cn1cccc1CN1C[C@@H]2CN(C(=O)c3ccco3)C[C@@H]2C1. The molecule has 0 N–H and O–H groups in total. The summed E-state index contributed by atoms with van der Waals surface area (Å²) < 4.78 is 7.41. The summed E-state index contributed by atoms with van der Waals surface area (Å²) in [6, 6.07) is 7.79. The van der Waals surface area contributed by atoms with Crippen LogP contribution in [0.3, 0.4) is 0 Å². The van der Waals surface area contributed by atoms with Gasteiger partial charge in [-0.15, -0.1) is 0 Å². The molecule has 0 aliphatic carbocycles. The molecule has 2 aromatic heterocycles. The van der Waals surface area contributed by atoms with E-state index in [1.54, 1.807) is 18.4 Å². The van der Waals surface area contributed by atoms with Gasteiger partial charge in [0.2, 0.25) is 0 Å². The Balaban J connectivity index is 1.36. The largest absolute Gasteiger partial charge is 0.459 e. The Morgan fingerprint density at radius 1 is 1.18 bits per heavy atom. The molecule has 5 heteroatoms. The van der Waals surface area contributed by atoms with Crippen LogP contribution in [0.2, 0.25) is 0 Å². The van der Waals surface area contributed by atoms with Crippen molar-refractivity contribution in [3.63, 3.8) is 0 Å². The summed E-state index contributed by atoms with van der Waals surface area (Å²) in [6.45, 7) is 4.87. The Hall–Kier alpha value is -2.01. The maximum Gasteiger partial charge on any atom is 0.289 e. The molecule has 4 rings (SSSR count). The molecule has 2 fully saturated rings. The highest BCUT2D eigenvalue weighted by atomic mass is 16.3. The van der Waals surface area contributed by atoms with Gasteiger partial charge in [0.05, 0.1) is 6.26 Å². The first-order valence-electron chi connectivity index (χ1n) is 7.86. The average molecular weight is 299 g/mol. The Labute approximate surface area is 130 Å². The van der Waals surface area contributed by atoms with E-state index >= 15 is 0 Å². The first-order valence-corrected chi connectivity index (χ1v) is 7.86. The van der Waals surface area contributed by atoms with Gasteiger partial charge in [-0.3, -0.25) is 9.69 Å². The van der Waals surface area contributed by atoms with Gasteiger partial charge in [-0.05, 0) is 36.1 Å². The Morgan fingerprint density at radius 2 is 1.95 bits per heavy atom. The van der Waals surface area contributed by atoms with Gasteiger partial charge in [0.25, 0.3) is 5.91 Å². The minimum atomic E-state index is 0.0355. The van der Waals surface area contributed by atoms with Crippen LogP contribution in [0.4, 0.5) is 0 Å². The van der Waals surface area contributed by atoms with Crippen molar-refractivity contribution in [1.29, 1.82) is 0 Å². The van der Waals surface area contributed by atoms with Gasteiger partial charge in [-0.25, -0.2) is 0 Å². The lowest BCUT2D eigenvalue weighted by atomic mass is 10.0. The monoisotopic (exact) mass is 299 g/mol. The molecule has 116 valence electrons. The molecule has 0 radical (unpaired) electrons. The summed E-state index contributed by atoms with van der Waals surface area (Å²) in [5.41, 5.74) is 1.35. The van der Waals surface area contributed by atoms with Crippen LogP contribution in [0.25, 0.3) is 0 Å². The predicted molar refractivity (Wildman–Crippen MR) is 82.3 cm³/mol. The summed E-state index contributed by atoms with van der Waals surface area (Å²) in [5, 5.41) is 0. The van der Waals surface area contributed by atoms with E-state index in [0.717, 1.165) is 32.7 Å². The second-order valence-corrected chi connectivity index (χ2v) is 6.51.